The average Bonchev–Trinajstić information content (AvgIpc) is 2.12. The first-order chi connectivity index (χ1) is 7.74. The van der Waals surface area contributed by atoms with Gasteiger partial charge in [-0.25, -0.2) is 0 Å². The topological polar surface area (TPSA) is 68.4 Å². The van der Waals surface area contributed by atoms with Crippen molar-refractivity contribution in [3.05, 3.63) is 22.0 Å². The van der Waals surface area contributed by atoms with Crippen molar-refractivity contribution in [2.45, 2.75) is 6.36 Å². The fraction of sp³-hybridized carbons (Fsp3) is 0.250. The Kier molecular flexibility index (Phi) is 3.66. The van der Waals surface area contributed by atoms with Crippen molar-refractivity contribution in [1.82, 2.24) is 4.98 Å². The molecule has 1 heterocycles. The summed E-state index contributed by atoms with van der Waals surface area (Å²) >= 11 is 5.08. The lowest BCUT2D eigenvalue weighted by molar-refractivity contribution is -0.276. The van der Waals surface area contributed by atoms with Crippen LogP contribution in [-0.4, -0.2) is 23.7 Å². The highest BCUT2D eigenvalue weighted by atomic mass is 35.5. The Morgan fingerprint density at radius 3 is 2.47 bits per heavy atom. The maximum atomic E-state index is 11.9. The van der Waals surface area contributed by atoms with Gasteiger partial charge >= 0.3 is 6.36 Å². The zero-order valence-electron chi connectivity index (χ0n) is 8.22. The SMILES string of the molecule is COc1cc(OC(F)(F)F)[nH]c(=O)c1C(=O)Cl. The number of hydrogen-bond donors (Lipinski definition) is 1. The van der Waals surface area contributed by atoms with E-state index in [0.29, 0.717) is 6.07 Å². The number of aromatic amines is 1. The minimum atomic E-state index is -4.97. The molecule has 94 valence electrons. The maximum Gasteiger partial charge on any atom is 0.574 e. The summed E-state index contributed by atoms with van der Waals surface area (Å²) in [5.41, 5.74) is -1.73. The van der Waals surface area contributed by atoms with Crippen LogP contribution in [-0.2, 0) is 0 Å². The third kappa shape index (κ3) is 3.38. The number of nitrogens with one attached hydrogen (secondary N) is 1. The van der Waals surface area contributed by atoms with Gasteiger partial charge in [0.05, 0.1) is 7.11 Å². The molecule has 1 rings (SSSR count). The predicted molar refractivity (Wildman–Crippen MR) is 50.5 cm³/mol. The number of ether oxygens (including phenoxy) is 2. The van der Waals surface area contributed by atoms with Gasteiger partial charge < -0.3 is 9.47 Å². The molecule has 0 aliphatic heterocycles. The Hall–Kier alpha value is -1.70. The van der Waals surface area contributed by atoms with Gasteiger partial charge in [0.25, 0.3) is 10.8 Å². The Labute approximate surface area is 97.1 Å². The zero-order chi connectivity index (χ0) is 13.2. The Bertz CT molecular complexity index is 497. The fourth-order valence-corrected chi connectivity index (χ4v) is 1.22. The minimum Gasteiger partial charge on any atom is -0.496 e. The molecule has 17 heavy (non-hydrogen) atoms. The summed E-state index contributed by atoms with van der Waals surface area (Å²) in [6.07, 6.45) is -4.97. The average molecular weight is 272 g/mol. The van der Waals surface area contributed by atoms with E-state index >= 15 is 0 Å². The van der Waals surface area contributed by atoms with Crippen LogP contribution in [0.4, 0.5) is 13.2 Å². The first-order valence-electron chi connectivity index (χ1n) is 4.01. The van der Waals surface area contributed by atoms with Crippen molar-refractivity contribution in [3.8, 4) is 11.6 Å². The quantitative estimate of drug-likeness (QED) is 0.849. The van der Waals surface area contributed by atoms with Gasteiger partial charge in [-0.05, 0) is 11.6 Å². The predicted octanol–water partition coefficient (Wildman–Crippen LogP) is 1.66. The molecule has 0 amide bonds. The van der Waals surface area contributed by atoms with E-state index in [-0.39, 0.29) is 0 Å². The summed E-state index contributed by atoms with van der Waals surface area (Å²) in [6.45, 7) is 0. The number of methoxy groups -OCH3 is 1. The van der Waals surface area contributed by atoms with Gasteiger partial charge in [0.15, 0.2) is 0 Å². The van der Waals surface area contributed by atoms with Gasteiger partial charge in [-0.2, -0.15) is 0 Å². The van der Waals surface area contributed by atoms with Gasteiger partial charge in [0.1, 0.15) is 11.3 Å². The number of halogens is 4. The highest BCUT2D eigenvalue weighted by Crippen LogP contribution is 2.25. The van der Waals surface area contributed by atoms with Crippen LogP contribution in [0, 0.1) is 0 Å². The third-order valence-electron chi connectivity index (χ3n) is 1.61. The van der Waals surface area contributed by atoms with Crippen LogP contribution in [0.25, 0.3) is 0 Å². The second-order valence-corrected chi connectivity index (χ2v) is 3.07. The van der Waals surface area contributed by atoms with Crippen molar-refractivity contribution in [3.63, 3.8) is 0 Å². The van der Waals surface area contributed by atoms with Crippen LogP contribution >= 0.6 is 11.6 Å². The number of aromatic nitrogens is 1. The van der Waals surface area contributed by atoms with E-state index in [0.717, 1.165) is 7.11 Å². The van der Waals surface area contributed by atoms with Gasteiger partial charge in [0, 0.05) is 6.07 Å². The van der Waals surface area contributed by atoms with Gasteiger partial charge in [-0.1, -0.05) is 0 Å². The summed E-state index contributed by atoms with van der Waals surface area (Å²) in [7, 11) is 1.06. The molecular formula is C8H5ClF3NO4. The van der Waals surface area contributed by atoms with Gasteiger partial charge in [0.2, 0.25) is 5.88 Å². The van der Waals surface area contributed by atoms with E-state index in [1.54, 1.807) is 4.98 Å². The molecule has 1 aromatic rings. The summed E-state index contributed by atoms with van der Waals surface area (Å²) in [5, 5.41) is -1.15. The van der Waals surface area contributed by atoms with E-state index < -0.39 is 34.4 Å². The Morgan fingerprint density at radius 2 is 2.06 bits per heavy atom. The molecule has 0 aliphatic carbocycles. The van der Waals surface area contributed by atoms with E-state index in [1.165, 1.54) is 0 Å². The molecule has 5 nitrogen and oxygen atoms in total. The van der Waals surface area contributed by atoms with Gasteiger partial charge in [-0.15, -0.1) is 13.2 Å². The summed E-state index contributed by atoms with van der Waals surface area (Å²) in [4.78, 5) is 23.8. The number of H-pyrrole nitrogens is 1. The number of carbonyl (C=O) groups is 1. The highest BCUT2D eigenvalue weighted by Gasteiger charge is 2.32. The van der Waals surface area contributed by atoms with Crippen molar-refractivity contribution in [2.24, 2.45) is 0 Å². The van der Waals surface area contributed by atoms with E-state index in [9.17, 15) is 22.8 Å². The molecule has 0 fully saturated rings. The van der Waals surface area contributed by atoms with Crippen LogP contribution in [0.1, 0.15) is 10.4 Å². The molecule has 0 aromatic carbocycles. The molecule has 0 saturated heterocycles. The largest absolute Gasteiger partial charge is 0.574 e. The zero-order valence-corrected chi connectivity index (χ0v) is 8.98. The molecular weight excluding hydrogens is 267 g/mol. The van der Waals surface area contributed by atoms with Crippen molar-refractivity contribution < 1.29 is 27.4 Å². The molecule has 0 unspecified atom stereocenters. The maximum absolute atomic E-state index is 11.9. The van der Waals surface area contributed by atoms with Gasteiger partial charge in [-0.3, -0.25) is 14.6 Å². The lowest BCUT2D eigenvalue weighted by Crippen LogP contribution is -2.22. The Morgan fingerprint density at radius 1 is 1.47 bits per heavy atom. The van der Waals surface area contributed by atoms with Crippen LogP contribution in [0.5, 0.6) is 11.6 Å². The van der Waals surface area contributed by atoms with E-state index in [2.05, 4.69) is 9.47 Å². The van der Waals surface area contributed by atoms with Crippen LogP contribution in [0.15, 0.2) is 10.9 Å². The number of pyridine rings is 1. The molecule has 0 spiro atoms. The van der Waals surface area contributed by atoms with Crippen molar-refractivity contribution in [1.29, 1.82) is 0 Å². The molecule has 0 radical (unpaired) electrons. The first kappa shape index (κ1) is 13.4. The van der Waals surface area contributed by atoms with Crippen molar-refractivity contribution in [2.75, 3.05) is 7.11 Å². The number of rotatable bonds is 3. The minimum absolute atomic E-state index is 0.409. The molecule has 1 aromatic heterocycles. The molecule has 0 atom stereocenters. The van der Waals surface area contributed by atoms with Crippen molar-refractivity contribution >= 4 is 16.8 Å². The normalized spacial score (nSPS) is 11.1. The first-order valence-corrected chi connectivity index (χ1v) is 4.39. The van der Waals surface area contributed by atoms with Crippen LogP contribution in [0.2, 0.25) is 0 Å². The molecule has 0 aliphatic rings. The number of carbonyl (C=O) groups excluding carboxylic acids is 1. The Balaban J connectivity index is 3.28. The molecule has 0 saturated carbocycles. The highest BCUT2D eigenvalue weighted by molar-refractivity contribution is 6.68. The summed E-state index contributed by atoms with van der Waals surface area (Å²) < 4.78 is 43.7. The number of hydrogen-bond acceptors (Lipinski definition) is 4. The fourth-order valence-electron chi connectivity index (χ4n) is 1.04. The summed E-state index contributed by atoms with van der Waals surface area (Å²) in [6, 6.07) is 0.699. The van der Waals surface area contributed by atoms with E-state index in [4.69, 9.17) is 11.6 Å². The molecule has 0 bridgehead atoms. The van der Waals surface area contributed by atoms with Crippen LogP contribution in [0.3, 0.4) is 0 Å². The van der Waals surface area contributed by atoms with Crippen LogP contribution < -0.4 is 15.0 Å². The lowest BCUT2D eigenvalue weighted by atomic mass is 10.2. The smallest absolute Gasteiger partial charge is 0.496 e. The second kappa shape index (κ2) is 4.66. The number of alkyl halides is 3. The standard InChI is InChI=1S/C8H5ClF3NO4/c1-16-3-2-4(17-8(10,11)12)13-7(15)5(3)6(9)14/h2H,1H3,(H,13,15). The van der Waals surface area contributed by atoms with E-state index in [1.807, 2.05) is 0 Å². The molecule has 1 N–H and O–H groups in total. The lowest BCUT2D eigenvalue weighted by Gasteiger charge is -2.10. The second-order valence-electron chi connectivity index (χ2n) is 2.73. The summed E-state index contributed by atoms with van der Waals surface area (Å²) in [5.74, 6) is -1.31. The molecule has 9 heteroatoms. The third-order valence-corrected chi connectivity index (χ3v) is 1.80. The monoisotopic (exact) mass is 271 g/mol.